The van der Waals surface area contributed by atoms with E-state index in [0.717, 1.165) is 5.56 Å². The average Bonchev–Trinajstić information content (AvgIpc) is 2.90. The number of phenols is 1. The first-order valence-electron chi connectivity index (χ1n) is 15.2. The van der Waals surface area contributed by atoms with Crippen LogP contribution in [-0.4, -0.2) is 63.7 Å². The smallest absolute Gasteiger partial charge is 0.408 e. The van der Waals surface area contributed by atoms with Crippen molar-refractivity contribution in [3.05, 3.63) is 78.4 Å². The van der Waals surface area contributed by atoms with Crippen molar-refractivity contribution >= 4 is 23.9 Å². The summed E-state index contributed by atoms with van der Waals surface area (Å²) in [7, 11) is 0. The third kappa shape index (κ3) is 12.7. The summed E-state index contributed by atoms with van der Waals surface area (Å²) in [6, 6.07) is 11.7. The van der Waals surface area contributed by atoms with Crippen LogP contribution in [0.3, 0.4) is 0 Å². The Morgan fingerprint density at radius 2 is 1.51 bits per heavy atom. The minimum absolute atomic E-state index is 0.00469. The Morgan fingerprint density at radius 3 is 2.04 bits per heavy atom. The van der Waals surface area contributed by atoms with Crippen LogP contribution in [0.15, 0.2) is 67.3 Å². The zero-order chi connectivity index (χ0) is 33.9. The molecule has 0 fully saturated rings. The van der Waals surface area contributed by atoms with Crippen LogP contribution in [0, 0.1) is 5.92 Å². The number of hydrogen-bond donors (Lipinski definition) is 3. The van der Waals surface area contributed by atoms with Gasteiger partial charge in [0.15, 0.2) is 0 Å². The third-order valence-electron chi connectivity index (χ3n) is 6.34. The molecular formula is C35H49N3O7. The Bertz CT molecular complexity index is 1310. The maximum Gasteiger partial charge on any atom is 0.408 e. The van der Waals surface area contributed by atoms with E-state index >= 15 is 0 Å². The Balaban J connectivity index is 2.58. The number of carbonyl (C=O) groups excluding carboxylic acids is 4. The van der Waals surface area contributed by atoms with Crippen molar-refractivity contribution in [1.29, 1.82) is 0 Å². The van der Waals surface area contributed by atoms with E-state index in [0.29, 0.717) is 5.56 Å². The van der Waals surface area contributed by atoms with Gasteiger partial charge in [0.1, 0.15) is 35.1 Å². The second-order valence-electron chi connectivity index (χ2n) is 13.4. The molecule has 2 aromatic carbocycles. The molecule has 246 valence electrons. The molecule has 0 aliphatic heterocycles. The second-order valence-corrected chi connectivity index (χ2v) is 13.4. The number of nitrogens with zero attached hydrogens (tertiary/aromatic N) is 1. The van der Waals surface area contributed by atoms with E-state index in [1.54, 1.807) is 53.7 Å². The molecule has 2 rings (SSSR count). The van der Waals surface area contributed by atoms with Crippen molar-refractivity contribution in [2.75, 3.05) is 6.54 Å². The van der Waals surface area contributed by atoms with Gasteiger partial charge in [0, 0.05) is 13.0 Å². The number of rotatable bonds is 13. The molecule has 0 bridgehead atoms. The highest BCUT2D eigenvalue weighted by molar-refractivity contribution is 5.94. The SMILES string of the molecule is C=CCN(C(=O)C(CC(C)C)NC(=O)OC(C)(C)C)C(C(=O)NC(Cc1ccccc1)C(=O)OC(C)(C)C)c1cccc(O)c1. The van der Waals surface area contributed by atoms with Crippen LogP contribution in [-0.2, 0) is 30.3 Å². The fourth-order valence-corrected chi connectivity index (χ4v) is 4.64. The number of benzene rings is 2. The van der Waals surface area contributed by atoms with E-state index in [1.807, 2.05) is 44.2 Å². The summed E-state index contributed by atoms with van der Waals surface area (Å²) < 4.78 is 11.1. The molecule has 3 unspecified atom stereocenters. The Hall–Kier alpha value is -4.34. The van der Waals surface area contributed by atoms with Crippen molar-refractivity contribution in [3.63, 3.8) is 0 Å². The number of aromatic hydroxyl groups is 1. The Morgan fingerprint density at radius 1 is 0.889 bits per heavy atom. The van der Waals surface area contributed by atoms with Gasteiger partial charge < -0.3 is 30.1 Å². The summed E-state index contributed by atoms with van der Waals surface area (Å²) in [5.41, 5.74) is -0.523. The predicted octanol–water partition coefficient (Wildman–Crippen LogP) is 5.46. The first-order valence-corrected chi connectivity index (χ1v) is 15.2. The molecule has 0 aromatic heterocycles. The normalized spacial score (nSPS) is 13.6. The van der Waals surface area contributed by atoms with Crippen LogP contribution in [0.5, 0.6) is 5.75 Å². The fraction of sp³-hybridized carbons (Fsp3) is 0.486. The monoisotopic (exact) mass is 623 g/mol. The van der Waals surface area contributed by atoms with E-state index in [9.17, 15) is 24.3 Å². The summed E-state index contributed by atoms with van der Waals surface area (Å²) in [4.78, 5) is 55.9. The average molecular weight is 624 g/mol. The Kier molecular flexibility index (Phi) is 13.2. The molecule has 10 heteroatoms. The lowest BCUT2D eigenvalue weighted by Gasteiger charge is -2.35. The van der Waals surface area contributed by atoms with Crippen LogP contribution in [0.25, 0.3) is 0 Å². The number of nitrogens with one attached hydrogen (secondary N) is 2. The van der Waals surface area contributed by atoms with Crippen molar-refractivity contribution < 1.29 is 33.8 Å². The molecule has 3 atom stereocenters. The molecule has 0 aliphatic carbocycles. The highest BCUT2D eigenvalue weighted by atomic mass is 16.6. The molecule has 2 aromatic rings. The minimum atomic E-state index is -1.31. The second kappa shape index (κ2) is 16.1. The van der Waals surface area contributed by atoms with Crippen molar-refractivity contribution in [1.82, 2.24) is 15.5 Å². The maximum absolute atomic E-state index is 14.3. The highest BCUT2D eigenvalue weighted by Gasteiger charge is 2.38. The van der Waals surface area contributed by atoms with Gasteiger partial charge in [-0.15, -0.1) is 6.58 Å². The third-order valence-corrected chi connectivity index (χ3v) is 6.34. The highest BCUT2D eigenvalue weighted by Crippen LogP contribution is 2.27. The number of ether oxygens (including phenoxy) is 2. The molecule has 0 saturated heterocycles. The van der Waals surface area contributed by atoms with Gasteiger partial charge in [-0.3, -0.25) is 9.59 Å². The van der Waals surface area contributed by atoms with Gasteiger partial charge in [-0.25, -0.2) is 9.59 Å². The summed E-state index contributed by atoms with van der Waals surface area (Å²) in [5, 5.41) is 15.8. The lowest BCUT2D eigenvalue weighted by molar-refractivity contribution is -0.159. The number of carbonyl (C=O) groups is 4. The number of alkyl carbamates (subject to hydrolysis) is 1. The number of amides is 3. The van der Waals surface area contributed by atoms with E-state index in [4.69, 9.17) is 9.47 Å². The molecule has 10 nitrogen and oxygen atoms in total. The molecule has 0 saturated carbocycles. The molecule has 0 radical (unpaired) electrons. The molecule has 45 heavy (non-hydrogen) atoms. The van der Waals surface area contributed by atoms with Gasteiger partial charge in [-0.2, -0.15) is 0 Å². The lowest BCUT2D eigenvalue weighted by atomic mass is 9.98. The summed E-state index contributed by atoms with van der Waals surface area (Å²) in [6.07, 6.45) is 1.09. The van der Waals surface area contributed by atoms with Crippen molar-refractivity contribution in [3.8, 4) is 5.75 Å². The van der Waals surface area contributed by atoms with Gasteiger partial charge in [0.25, 0.3) is 0 Å². The zero-order valence-electron chi connectivity index (χ0n) is 27.8. The fourth-order valence-electron chi connectivity index (χ4n) is 4.64. The van der Waals surface area contributed by atoms with E-state index in [-0.39, 0.29) is 31.1 Å². The van der Waals surface area contributed by atoms with Crippen molar-refractivity contribution in [2.45, 2.75) is 97.6 Å². The van der Waals surface area contributed by atoms with E-state index < -0.39 is 53.2 Å². The maximum atomic E-state index is 14.3. The van der Waals surface area contributed by atoms with Gasteiger partial charge in [0.05, 0.1) is 0 Å². The molecule has 0 aliphatic rings. The standard InChI is InChI=1S/C35H49N3O7/c1-10-19-38(31(41)27(20-23(2)3)37-33(43)45-35(7,8)9)29(25-17-14-18-26(39)22-25)30(40)36-28(32(42)44-34(4,5)6)21-24-15-12-11-13-16-24/h10-18,22-23,27-29,39H,1,19-21H2,2-9H3,(H,36,40)(H,37,43). The predicted molar refractivity (Wildman–Crippen MR) is 173 cm³/mol. The number of hydrogen-bond acceptors (Lipinski definition) is 7. The molecule has 3 N–H and O–H groups in total. The van der Waals surface area contributed by atoms with E-state index in [2.05, 4.69) is 17.2 Å². The largest absolute Gasteiger partial charge is 0.508 e. The van der Waals surface area contributed by atoms with Gasteiger partial charge in [-0.05, 0) is 77.1 Å². The molecule has 3 amide bonds. The van der Waals surface area contributed by atoms with Crippen LogP contribution < -0.4 is 10.6 Å². The summed E-state index contributed by atoms with van der Waals surface area (Å²) in [5.74, 6) is -2.00. The zero-order valence-corrected chi connectivity index (χ0v) is 27.8. The van der Waals surface area contributed by atoms with Crippen LogP contribution in [0.4, 0.5) is 4.79 Å². The lowest BCUT2D eigenvalue weighted by Crippen LogP contribution is -2.55. The quantitative estimate of drug-likeness (QED) is 0.199. The van der Waals surface area contributed by atoms with Gasteiger partial charge >= 0.3 is 12.1 Å². The van der Waals surface area contributed by atoms with Crippen molar-refractivity contribution in [2.24, 2.45) is 5.92 Å². The number of phenolic OH excluding ortho intramolecular Hbond substituents is 1. The summed E-state index contributed by atoms with van der Waals surface area (Å²) >= 11 is 0. The van der Waals surface area contributed by atoms with Crippen LogP contribution in [0.2, 0.25) is 0 Å². The first-order chi connectivity index (χ1) is 20.9. The van der Waals surface area contributed by atoms with Gasteiger partial charge in [0.2, 0.25) is 11.8 Å². The minimum Gasteiger partial charge on any atom is -0.508 e. The Labute approximate surface area is 267 Å². The van der Waals surface area contributed by atoms with Gasteiger partial charge in [-0.1, -0.05) is 62.4 Å². The number of esters is 1. The first kappa shape index (κ1) is 36.8. The van der Waals surface area contributed by atoms with E-state index in [1.165, 1.54) is 23.1 Å². The van der Waals surface area contributed by atoms with Crippen LogP contribution in [0.1, 0.15) is 79.0 Å². The molecular weight excluding hydrogens is 574 g/mol. The molecule has 0 spiro atoms. The molecule has 0 heterocycles. The summed E-state index contributed by atoms with van der Waals surface area (Å²) in [6.45, 7) is 17.9. The van der Waals surface area contributed by atoms with Crippen LogP contribution >= 0.6 is 0 Å². The topological polar surface area (TPSA) is 134 Å².